The van der Waals surface area contributed by atoms with Crippen molar-refractivity contribution in [2.24, 2.45) is 0 Å². The van der Waals surface area contributed by atoms with E-state index in [4.69, 9.17) is 27.6 Å². The summed E-state index contributed by atoms with van der Waals surface area (Å²) in [5, 5.41) is 0.869. The number of halogens is 2. The third-order valence-electron chi connectivity index (χ3n) is 4.51. The summed E-state index contributed by atoms with van der Waals surface area (Å²) in [6.07, 6.45) is 2.57. The van der Waals surface area contributed by atoms with Crippen molar-refractivity contribution in [2.45, 2.75) is 23.7 Å². The number of piperidine rings is 1. The summed E-state index contributed by atoms with van der Waals surface area (Å²) in [4.78, 5) is 8.52. The van der Waals surface area contributed by atoms with Gasteiger partial charge in [-0.2, -0.15) is 4.31 Å². The van der Waals surface area contributed by atoms with Crippen LogP contribution in [0.3, 0.4) is 0 Å². The number of fused-ring (bicyclic) bond motifs is 1. The van der Waals surface area contributed by atoms with E-state index in [9.17, 15) is 8.42 Å². The molecule has 6 nitrogen and oxygen atoms in total. The van der Waals surface area contributed by atoms with Crippen LogP contribution < -0.4 is 0 Å². The fraction of sp³-hybridized carbons (Fsp3) is 0.294. The van der Waals surface area contributed by atoms with Crippen molar-refractivity contribution >= 4 is 44.3 Å². The van der Waals surface area contributed by atoms with Gasteiger partial charge in [-0.25, -0.2) is 18.4 Å². The molecular weight excluding hydrogens is 397 g/mol. The molecule has 0 radical (unpaired) electrons. The lowest BCUT2D eigenvalue weighted by atomic mass is 9.98. The molecule has 4 rings (SSSR count). The maximum Gasteiger partial charge on any atom is 0.244 e. The number of aromatic nitrogens is 2. The third-order valence-corrected chi connectivity index (χ3v) is 6.85. The first-order valence-corrected chi connectivity index (χ1v) is 10.3. The first-order chi connectivity index (χ1) is 12.4. The van der Waals surface area contributed by atoms with Crippen LogP contribution in [0.25, 0.3) is 11.1 Å². The van der Waals surface area contributed by atoms with Gasteiger partial charge in [0.05, 0.1) is 0 Å². The zero-order chi connectivity index (χ0) is 18.3. The van der Waals surface area contributed by atoms with Crippen LogP contribution >= 0.6 is 23.2 Å². The van der Waals surface area contributed by atoms with E-state index in [-0.39, 0.29) is 16.0 Å². The van der Waals surface area contributed by atoms with E-state index in [0.29, 0.717) is 42.4 Å². The zero-order valence-corrected chi connectivity index (χ0v) is 15.9. The molecule has 136 valence electrons. The molecule has 0 aliphatic carbocycles. The Hall–Kier alpha value is -1.67. The van der Waals surface area contributed by atoms with Gasteiger partial charge in [0.15, 0.2) is 11.5 Å². The number of benzene rings is 1. The van der Waals surface area contributed by atoms with E-state index < -0.39 is 10.0 Å². The molecule has 0 N–H and O–H groups in total. The molecule has 0 unspecified atom stereocenters. The minimum Gasteiger partial charge on any atom is -0.440 e. The van der Waals surface area contributed by atoms with Crippen LogP contribution in [0.5, 0.6) is 0 Å². The smallest absolute Gasteiger partial charge is 0.244 e. The Morgan fingerprint density at radius 1 is 1.12 bits per heavy atom. The summed E-state index contributed by atoms with van der Waals surface area (Å²) in [7, 11) is -3.57. The third kappa shape index (κ3) is 3.32. The van der Waals surface area contributed by atoms with Crippen LogP contribution in [0.2, 0.25) is 10.2 Å². The van der Waals surface area contributed by atoms with Gasteiger partial charge in [-0.1, -0.05) is 23.2 Å². The monoisotopic (exact) mass is 411 g/mol. The minimum atomic E-state index is -3.57. The molecule has 0 saturated carbocycles. The van der Waals surface area contributed by atoms with Gasteiger partial charge in [0.2, 0.25) is 10.0 Å². The van der Waals surface area contributed by atoms with Gasteiger partial charge in [0.25, 0.3) is 0 Å². The lowest BCUT2D eigenvalue weighted by molar-refractivity contribution is 0.293. The fourth-order valence-electron chi connectivity index (χ4n) is 3.10. The van der Waals surface area contributed by atoms with Crippen molar-refractivity contribution in [1.29, 1.82) is 0 Å². The molecule has 0 spiro atoms. The van der Waals surface area contributed by atoms with E-state index in [2.05, 4.69) is 9.97 Å². The van der Waals surface area contributed by atoms with Crippen molar-refractivity contribution in [3.63, 3.8) is 0 Å². The van der Waals surface area contributed by atoms with Gasteiger partial charge in [0, 0.05) is 30.2 Å². The molecule has 0 bridgehead atoms. The maximum atomic E-state index is 12.7. The summed E-state index contributed by atoms with van der Waals surface area (Å²) in [5.74, 6) is 0.712. The van der Waals surface area contributed by atoms with E-state index >= 15 is 0 Å². The van der Waals surface area contributed by atoms with Crippen molar-refractivity contribution < 1.29 is 12.8 Å². The van der Waals surface area contributed by atoms with Crippen LogP contribution in [0.4, 0.5) is 0 Å². The lowest BCUT2D eigenvalue weighted by Crippen LogP contribution is -2.38. The molecular formula is C17H15Cl2N3O3S. The summed E-state index contributed by atoms with van der Waals surface area (Å²) in [6.45, 7) is 0.796. The van der Waals surface area contributed by atoms with Crippen LogP contribution in [-0.2, 0) is 10.0 Å². The van der Waals surface area contributed by atoms with Gasteiger partial charge in [0.1, 0.15) is 15.6 Å². The van der Waals surface area contributed by atoms with Crippen LogP contribution in [0.1, 0.15) is 24.7 Å². The molecule has 0 amide bonds. The molecule has 9 heteroatoms. The molecule has 1 saturated heterocycles. The number of sulfonamides is 1. The summed E-state index contributed by atoms with van der Waals surface area (Å²) in [6, 6.07) is 8.26. The molecule has 1 aliphatic rings. The van der Waals surface area contributed by atoms with Crippen molar-refractivity contribution in [3.05, 3.63) is 52.6 Å². The fourth-order valence-corrected chi connectivity index (χ4v) is 4.79. The Kier molecular flexibility index (Phi) is 4.64. The van der Waals surface area contributed by atoms with Gasteiger partial charge < -0.3 is 4.42 Å². The van der Waals surface area contributed by atoms with Crippen LogP contribution in [-0.4, -0.2) is 35.8 Å². The quantitative estimate of drug-likeness (QED) is 0.606. The molecule has 1 aromatic carbocycles. The molecule has 3 aromatic rings. The predicted octanol–water partition coefficient (Wildman–Crippen LogP) is 4.10. The topological polar surface area (TPSA) is 76.3 Å². The highest BCUT2D eigenvalue weighted by atomic mass is 35.5. The van der Waals surface area contributed by atoms with Gasteiger partial charge in [-0.05, 0) is 43.2 Å². The second kappa shape index (κ2) is 6.81. The number of hydrogen-bond donors (Lipinski definition) is 0. The molecule has 0 atom stereocenters. The Bertz CT molecular complexity index is 1040. The highest BCUT2D eigenvalue weighted by Gasteiger charge is 2.32. The molecule has 1 aliphatic heterocycles. The average molecular weight is 412 g/mol. The maximum absolute atomic E-state index is 12.7. The number of oxazole rings is 1. The summed E-state index contributed by atoms with van der Waals surface area (Å²) >= 11 is 11.7. The van der Waals surface area contributed by atoms with E-state index in [1.54, 1.807) is 18.2 Å². The van der Waals surface area contributed by atoms with Crippen LogP contribution in [0, 0.1) is 0 Å². The van der Waals surface area contributed by atoms with E-state index in [0.717, 1.165) is 5.52 Å². The lowest BCUT2D eigenvalue weighted by Gasteiger charge is -2.29. The van der Waals surface area contributed by atoms with Crippen molar-refractivity contribution in [3.8, 4) is 0 Å². The van der Waals surface area contributed by atoms with E-state index in [1.807, 2.05) is 0 Å². The first kappa shape index (κ1) is 17.7. The largest absolute Gasteiger partial charge is 0.440 e. The number of rotatable bonds is 3. The predicted molar refractivity (Wildman–Crippen MR) is 99.0 cm³/mol. The zero-order valence-electron chi connectivity index (χ0n) is 13.6. The second-order valence-electron chi connectivity index (χ2n) is 6.16. The summed E-state index contributed by atoms with van der Waals surface area (Å²) in [5.41, 5.74) is 1.40. The number of nitrogens with zero attached hydrogens (tertiary/aromatic N) is 3. The molecule has 3 heterocycles. The van der Waals surface area contributed by atoms with Crippen molar-refractivity contribution in [1.82, 2.24) is 14.3 Å². The molecule has 1 fully saturated rings. The second-order valence-corrected chi connectivity index (χ2v) is 8.92. The standard InChI is InChI=1S/C17H15Cl2N3O3S/c18-12-1-3-15-14(9-12)21-17(25-15)11-5-7-22(8-6-11)26(23,24)13-2-4-16(19)20-10-13/h1-4,9-11H,5-8H2. The Morgan fingerprint density at radius 2 is 1.88 bits per heavy atom. The van der Waals surface area contributed by atoms with E-state index in [1.165, 1.54) is 22.6 Å². The SMILES string of the molecule is O=S(=O)(c1ccc(Cl)nc1)N1CCC(c2nc3cc(Cl)ccc3o2)CC1. The minimum absolute atomic E-state index is 0.0796. The molecule has 2 aromatic heterocycles. The number of pyridine rings is 1. The Balaban J connectivity index is 1.50. The first-order valence-electron chi connectivity index (χ1n) is 8.11. The van der Waals surface area contributed by atoms with Gasteiger partial charge in [-0.3, -0.25) is 0 Å². The highest BCUT2D eigenvalue weighted by molar-refractivity contribution is 7.89. The number of hydrogen-bond acceptors (Lipinski definition) is 5. The normalized spacial score (nSPS) is 17.0. The Morgan fingerprint density at radius 3 is 2.58 bits per heavy atom. The van der Waals surface area contributed by atoms with Crippen molar-refractivity contribution in [2.75, 3.05) is 13.1 Å². The van der Waals surface area contributed by atoms with Gasteiger partial charge in [-0.15, -0.1) is 0 Å². The Labute approximate surface area is 160 Å². The highest BCUT2D eigenvalue weighted by Crippen LogP contribution is 2.32. The van der Waals surface area contributed by atoms with Gasteiger partial charge >= 0.3 is 0 Å². The average Bonchev–Trinajstić information content (AvgIpc) is 3.05. The van der Waals surface area contributed by atoms with Crippen LogP contribution in [0.15, 0.2) is 45.8 Å². The molecule has 26 heavy (non-hydrogen) atoms. The summed E-state index contributed by atoms with van der Waals surface area (Å²) < 4.78 is 32.7.